The first-order valence-electron chi connectivity index (χ1n) is 4.86. The van der Waals surface area contributed by atoms with E-state index in [0.717, 1.165) is 18.3 Å². The van der Waals surface area contributed by atoms with Crippen LogP contribution in [0, 0.1) is 0 Å². The lowest BCUT2D eigenvalue weighted by atomic mass is 10.1. The van der Waals surface area contributed by atoms with Crippen molar-refractivity contribution < 1.29 is 4.74 Å². The Morgan fingerprint density at radius 3 is 2.54 bits per heavy atom. The molecule has 13 heavy (non-hydrogen) atoms. The Balaban J connectivity index is 3.44. The number of halogens is 1. The van der Waals surface area contributed by atoms with Crippen LogP contribution in [-0.2, 0) is 4.74 Å². The van der Waals surface area contributed by atoms with Gasteiger partial charge in [0, 0.05) is 18.5 Å². The Kier molecular flexibility index (Phi) is 7.00. The summed E-state index contributed by atoms with van der Waals surface area (Å²) in [6.07, 6.45) is 2.23. The first kappa shape index (κ1) is 13.4. The van der Waals surface area contributed by atoms with Gasteiger partial charge in [0.25, 0.3) is 0 Å². The van der Waals surface area contributed by atoms with Crippen LogP contribution in [-0.4, -0.2) is 30.6 Å². The maximum Gasteiger partial charge on any atom is 0.0634 e. The summed E-state index contributed by atoms with van der Waals surface area (Å²) in [6.45, 7) is 7.46. The summed E-state index contributed by atoms with van der Waals surface area (Å²) in [4.78, 5) is 0. The minimum Gasteiger partial charge on any atom is -0.379 e. The average Bonchev–Trinajstić information content (AvgIpc) is 2.05. The number of methoxy groups -OCH3 is 1. The minimum atomic E-state index is 0.00111. The van der Waals surface area contributed by atoms with Crippen LogP contribution in [0.5, 0.6) is 0 Å². The molecule has 0 radical (unpaired) electrons. The van der Waals surface area contributed by atoms with Gasteiger partial charge in [0.15, 0.2) is 0 Å². The fourth-order valence-corrected chi connectivity index (χ4v) is 1.67. The summed E-state index contributed by atoms with van der Waals surface area (Å²) in [6, 6.07) is 0.590. The van der Waals surface area contributed by atoms with Crippen LogP contribution < -0.4 is 5.32 Å². The molecule has 1 unspecified atom stereocenters. The van der Waals surface area contributed by atoms with Gasteiger partial charge in [0.1, 0.15) is 0 Å². The number of hydrogen-bond donors (Lipinski definition) is 1. The normalized spacial score (nSPS) is 14.5. The van der Waals surface area contributed by atoms with E-state index in [1.54, 1.807) is 7.11 Å². The van der Waals surface area contributed by atoms with Gasteiger partial charge < -0.3 is 10.1 Å². The number of ether oxygens (including phenoxy) is 1. The molecule has 0 amide bonds. The Labute approximate surface area is 90.6 Å². The van der Waals surface area contributed by atoms with E-state index in [4.69, 9.17) is 4.74 Å². The van der Waals surface area contributed by atoms with Crippen LogP contribution in [0.3, 0.4) is 0 Å². The standard InChI is InChI=1S/C10H22BrNO/c1-9(5-7-11)12-8-6-10(2,3)13-4/h9,12H,5-8H2,1-4H3. The zero-order valence-corrected chi connectivity index (χ0v) is 10.8. The van der Waals surface area contributed by atoms with Gasteiger partial charge in [0.2, 0.25) is 0 Å². The highest BCUT2D eigenvalue weighted by Gasteiger charge is 2.15. The highest BCUT2D eigenvalue weighted by molar-refractivity contribution is 9.09. The molecule has 2 nitrogen and oxygen atoms in total. The summed E-state index contributed by atoms with van der Waals surface area (Å²) in [5, 5.41) is 4.53. The molecule has 3 heteroatoms. The molecule has 1 N–H and O–H groups in total. The van der Waals surface area contributed by atoms with Crippen molar-refractivity contribution in [3.05, 3.63) is 0 Å². The van der Waals surface area contributed by atoms with Gasteiger partial charge in [-0.1, -0.05) is 15.9 Å². The molecule has 0 aliphatic heterocycles. The van der Waals surface area contributed by atoms with Crippen LogP contribution >= 0.6 is 15.9 Å². The number of rotatable bonds is 7. The van der Waals surface area contributed by atoms with Crippen molar-refractivity contribution in [2.24, 2.45) is 0 Å². The maximum atomic E-state index is 5.33. The predicted octanol–water partition coefficient (Wildman–Crippen LogP) is 2.56. The highest BCUT2D eigenvalue weighted by atomic mass is 79.9. The van der Waals surface area contributed by atoms with E-state index in [1.807, 2.05) is 0 Å². The summed E-state index contributed by atoms with van der Waals surface area (Å²) >= 11 is 3.43. The molecule has 0 heterocycles. The van der Waals surface area contributed by atoms with Crippen molar-refractivity contribution in [1.82, 2.24) is 5.32 Å². The molecule has 0 saturated heterocycles. The topological polar surface area (TPSA) is 21.3 Å². The number of nitrogens with one attached hydrogen (secondary N) is 1. The highest BCUT2D eigenvalue weighted by Crippen LogP contribution is 2.11. The smallest absolute Gasteiger partial charge is 0.0634 e. The molecule has 0 aliphatic carbocycles. The van der Waals surface area contributed by atoms with Crippen molar-refractivity contribution >= 4 is 15.9 Å². The molecule has 80 valence electrons. The molecule has 0 aliphatic rings. The first-order chi connectivity index (χ1) is 6.02. The van der Waals surface area contributed by atoms with Crippen molar-refractivity contribution in [2.75, 3.05) is 19.0 Å². The second-order valence-corrected chi connectivity index (χ2v) is 4.84. The summed E-state index contributed by atoms with van der Waals surface area (Å²) in [7, 11) is 1.77. The van der Waals surface area contributed by atoms with Crippen molar-refractivity contribution in [3.8, 4) is 0 Å². The van der Waals surface area contributed by atoms with E-state index in [0.29, 0.717) is 6.04 Å². The van der Waals surface area contributed by atoms with E-state index in [1.165, 1.54) is 6.42 Å². The Bertz CT molecular complexity index is 128. The van der Waals surface area contributed by atoms with Crippen LogP contribution in [0.1, 0.15) is 33.6 Å². The Morgan fingerprint density at radius 1 is 1.46 bits per heavy atom. The second-order valence-electron chi connectivity index (χ2n) is 4.05. The van der Waals surface area contributed by atoms with E-state index in [-0.39, 0.29) is 5.60 Å². The zero-order chi connectivity index (χ0) is 10.3. The molecule has 0 aromatic carbocycles. The molecule has 0 fully saturated rings. The van der Waals surface area contributed by atoms with Gasteiger partial charge in [0.05, 0.1) is 5.60 Å². The molecular formula is C10H22BrNO. The third-order valence-corrected chi connectivity index (χ3v) is 2.77. The molecule has 1 atom stereocenters. The lowest BCUT2D eigenvalue weighted by Crippen LogP contribution is -2.33. The van der Waals surface area contributed by atoms with Gasteiger partial charge in [-0.3, -0.25) is 0 Å². The number of hydrogen-bond acceptors (Lipinski definition) is 2. The SMILES string of the molecule is COC(C)(C)CCNC(C)CCBr. The van der Waals surface area contributed by atoms with Crippen molar-refractivity contribution in [1.29, 1.82) is 0 Å². The van der Waals surface area contributed by atoms with E-state index < -0.39 is 0 Å². The molecule has 0 bridgehead atoms. The van der Waals surface area contributed by atoms with Gasteiger partial charge in [-0.25, -0.2) is 0 Å². The van der Waals surface area contributed by atoms with Gasteiger partial charge in [-0.05, 0) is 40.2 Å². The summed E-state index contributed by atoms with van der Waals surface area (Å²) in [5.74, 6) is 0. The van der Waals surface area contributed by atoms with E-state index >= 15 is 0 Å². The largest absolute Gasteiger partial charge is 0.379 e. The van der Waals surface area contributed by atoms with Gasteiger partial charge in [-0.2, -0.15) is 0 Å². The monoisotopic (exact) mass is 251 g/mol. The van der Waals surface area contributed by atoms with Gasteiger partial charge in [-0.15, -0.1) is 0 Å². The van der Waals surface area contributed by atoms with Crippen molar-refractivity contribution in [2.45, 2.75) is 45.3 Å². The number of alkyl halides is 1. The second kappa shape index (κ2) is 6.80. The van der Waals surface area contributed by atoms with Crippen molar-refractivity contribution in [3.63, 3.8) is 0 Å². The quantitative estimate of drug-likeness (QED) is 0.703. The molecule has 0 aromatic rings. The van der Waals surface area contributed by atoms with E-state index in [9.17, 15) is 0 Å². The average molecular weight is 252 g/mol. The fraction of sp³-hybridized carbons (Fsp3) is 1.00. The van der Waals surface area contributed by atoms with Gasteiger partial charge >= 0.3 is 0 Å². The minimum absolute atomic E-state index is 0.00111. The lowest BCUT2D eigenvalue weighted by molar-refractivity contribution is 0.0154. The van der Waals surface area contributed by atoms with Crippen LogP contribution in [0.4, 0.5) is 0 Å². The van der Waals surface area contributed by atoms with Crippen LogP contribution in [0.25, 0.3) is 0 Å². The third-order valence-electron chi connectivity index (χ3n) is 2.31. The summed E-state index contributed by atoms with van der Waals surface area (Å²) < 4.78 is 5.33. The predicted molar refractivity (Wildman–Crippen MR) is 61.6 cm³/mol. The fourth-order valence-electron chi connectivity index (χ4n) is 0.987. The van der Waals surface area contributed by atoms with E-state index in [2.05, 4.69) is 42.0 Å². The Morgan fingerprint density at radius 2 is 2.08 bits per heavy atom. The molecule has 0 saturated carbocycles. The molecule has 0 rings (SSSR count). The van der Waals surface area contributed by atoms with Crippen LogP contribution in [0.2, 0.25) is 0 Å². The van der Waals surface area contributed by atoms with Crippen LogP contribution in [0.15, 0.2) is 0 Å². The third kappa shape index (κ3) is 7.47. The molecular weight excluding hydrogens is 230 g/mol. The summed E-state index contributed by atoms with van der Waals surface area (Å²) in [5.41, 5.74) is 0.00111. The first-order valence-corrected chi connectivity index (χ1v) is 5.98. The molecule has 0 spiro atoms. The zero-order valence-electron chi connectivity index (χ0n) is 9.19. The lowest BCUT2D eigenvalue weighted by Gasteiger charge is -2.24. The maximum absolute atomic E-state index is 5.33. The Hall–Kier alpha value is 0.400. The molecule has 0 aromatic heterocycles.